The maximum Gasteiger partial charge on any atom is 0.271 e. The van der Waals surface area contributed by atoms with Gasteiger partial charge in [-0.2, -0.15) is 0 Å². The molecule has 0 unspecified atom stereocenters. The number of hydrogen-bond donors (Lipinski definition) is 1. The molecule has 0 spiro atoms. The molecule has 0 atom stereocenters. The number of amides is 1. The zero-order chi connectivity index (χ0) is 19.7. The smallest absolute Gasteiger partial charge is 0.271 e. The largest absolute Gasteiger partial charge is 0.349 e. The predicted octanol–water partition coefficient (Wildman–Crippen LogP) is 4.95. The number of nitrogens with one attached hydrogen (secondary N) is 1. The fourth-order valence-electron chi connectivity index (χ4n) is 3.27. The Kier molecular flexibility index (Phi) is 4.96. The second-order valence-corrected chi connectivity index (χ2v) is 7.95. The van der Waals surface area contributed by atoms with Gasteiger partial charge < -0.3 is 9.88 Å². The molecule has 28 heavy (non-hydrogen) atoms. The molecule has 0 saturated heterocycles. The third-order valence-electron chi connectivity index (χ3n) is 4.62. The van der Waals surface area contributed by atoms with E-state index in [-0.39, 0.29) is 11.7 Å². The Labute approximate surface area is 166 Å². The van der Waals surface area contributed by atoms with Gasteiger partial charge in [0.05, 0.1) is 9.88 Å². The van der Waals surface area contributed by atoms with Crippen LogP contribution >= 0.6 is 11.3 Å². The predicted molar refractivity (Wildman–Crippen MR) is 111 cm³/mol. The van der Waals surface area contributed by atoms with Crippen molar-refractivity contribution in [3.8, 4) is 10.4 Å². The minimum Gasteiger partial charge on any atom is -0.349 e. The summed E-state index contributed by atoms with van der Waals surface area (Å²) in [7, 11) is 0. The number of aryl methyl sites for hydroxylation is 2. The number of carbonyl (C=O) groups excluding carboxylic acids is 1. The van der Waals surface area contributed by atoms with Gasteiger partial charge in [-0.1, -0.05) is 23.8 Å². The minimum atomic E-state index is -0.301. The van der Waals surface area contributed by atoms with E-state index < -0.39 is 0 Å². The highest BCUT2D eigenvalue weighted by molar-refractivity contribution is 7.15. The molecule has 0 aliphatic heterocycles. The summed E-state index contributed by atoms with van der Waals surface area (Å²) in [5.41, 5.74) is 3.56. The molecular weight excluding hydrogens is 373 g/mol. The molecule has 0 aliphatic carbocycles. The number of hydrogen-bond acceptors (Lipinski definition) is 3. The molecule has 0 aliphatic rings. The van der Waals surface area contributed by atoms with Crippen molar-refractivity contribution >= 4 is 28.1 Å². The first-order valence-corrected chi connectivity index (χ1v) is 9.90. The second-order valence-electron chi connectivity index (χ2n) is 6.74. The van der Waals surface area contributed by atoms with Crippen LogP contribution in [0.15, 0.2) is 54.7 Å². The van der Waals surface area contributed by atoms with Gasteiger partial charge in [0.25, 0.3) is 5.91 Å². The van der Waals surface area contributed by atoms with Gasteiger partial charge in [0.1, 0.15) is 11.5 Å². The lowest BCUT2D eigenvalue weighted by Gasteiger charge is -2.08. The van der Waals surface area contributed by atoms with Gasteiger partial charge in [-0.25, -0.2) is 9.37 Å². The summed E-state index contributed by atoms with van der Waals surface area (Å²) in [4.78, 5) is 17.9. The van der Waals surface area contributed by atoms with E-state index in [1.807, 2.05) is 13.1 Å². The van der Waals surface area contributed by atoms with E-state index >= 15 is 0 Å². The van der Waals surface area contributed by atoms with Crippen LogP contribution in [-0.4, -0.2) is 22.0 Å². The average molecular weight is 393 g/mol. The summed E-state index contributed by atoms with van der Waals surface area (Å²) in [5, 5.41) is 4.96. The Balaban J connectivity index is 1.47. The van der Waals surface area contributed by atoms with Crippen LogP contribution in [0.1, 0.15) is 21.1 Å². The lowest BCUT2D eigenvalue weighted by molar-refractivity contribution is 0.0948. The van der Waals surface area contributed by atoms with E-state index in [4.69, 9.17) is 0 Å². The number of benzene rings is 2. The average Bonchev–Trinajstić information content (AvgIpc) is 3.25. The number of thiazole rings is 1. The van der Waals surface area contributed by atoms with Gasteiger partial charge in [0.2, 0.25) is 0 Å². The number of rotatable bonds is 5. The van der Waals surface area contributed by atoms with Crippen molar-refractivity contribution in [2.24, 2.45) is 0 Å². The standard InChI is InChI=1S/C22H20FN3OS/c1-14-3-8-19-17(13-14)9-11-26(19)12-10-24-22(27)20-21(28-15(2)25-20)16-4-6-18(23)7-5-16/h3-9,11,13H,10,12H2,1-2H3,(H,24,27). The van der Waals surface area contributed by atoms with Crippen molar-refractivity contribution in [3.63, 3.8) is 0 Å². The molecule has 0 saturated carbocycles. The van der Waals surface area contributed by atoms with Crippen molar-refractivity contribution in [3.05, 3.63) is 76.8 Å². The number of carbonyl (C=O) groups is 1. The second kappa shape index (κ2) is 7.56. The van der Waals surface area contributed by atoms with Crippen LogP contribution < -0.4 is 5.32 Å². The SMILES string of the molecule is Cc1ccc2c(ccn2CCNC(=O)c2nc(C)sc2-c2ccc(F)cc2)c1. The van der Waals surface area contributed by atoms with Crippen LogP contribution in [-0.2, 0) is 6.54 Å². The summed E-state index contributed by atoms with van der Waals surface area (Å²) in [6, 6.07) is 14.6. The van der Waals surface area contributed by atoms with Gasteiger partial charge in [0.15, 0.2) is 0 Å². The molecule has 6 heteroatoms. The monoisotopic (exact) mass is 393 g/mol. The summed E-state index contributed by atoms with van der Waals surface area (Å²) in [6.07, 6.45) is 2.03. The molecule has 142 valence electrons. The zero-order valence-corrected chi connectivity index (χ0v) is 16.5. The molecule has 2 heterocycles. The molecule has 0 fully saturated rings. The van der Waals surface area contributed by atoms with Gasteiger partial charge in [0, 0.05) is 24.8 Å². The fraction of sp³-hybridized carbons (Fsp3) is 0.182. The van der Waals surface area contributed by atoms with Crippen molar-refractivity contribution in [2.45, 2.75) is 20.4 Å². The van der Waals surface area contributed by atoms with Crippen molar-refractivity contribution in [2.75, 3.05) is 6.54 Å². The van der Waals surface area contributed by atoms with E-state index in [0.717, 1.165) is 21.0 Å². The summed E-state index contributed by atoms with van der Waals surface area (Å²) in [6.45, 7) is 5.11. The number of halogens is 1. The van der Waals surface area contributed by atoms with Crippen LogP contribution in [0.2, 0.25) is 0 Å². The highest BCUT2D eigenvalue weighted by Crippen LogP contribution is 2.30. The molecular formula is C22H20FN3OS. The topological polar surface area (TPSA) is 46.9 Å². The lowest BCUT2D eigenvalue weighted by atomic mass is 10.1. The fourth-order valence-corrected chi connectivity index (χ4v) is 4.19. The summed E-state index contributed by atoms with van der Waals surface area (Å²) >= 11 is 1.44. The molecule has 1 amide bonds. The van der Waals surface area contributed by atoms with Crippen molar-refractivity contribution in [1.29, 1.82) is 0 Å². The van der Waals surface area contributed by atoms with Crippen LogP contribution in [0.25, 0.3) is 21.3 Å². The molecule has 4 nitrogen and oxygen atoms in total. The van der Waals surface area contributed by atoms with Crippen LogP contribution in [0.5, 0.6) is 0 Å². The quantitative estimate of drug-likeness (QED) is 0.521. The van der Waals surface area contributed by atoms with Gasteiger partial charge in [-0.05, 0) is 55.1 Å². The molecule has 4 rings (SSSR count). The molecule has 0 bridgehead atoms. The van der Waals surface area contributed by atoms with E-state index in [9.17, 15) is 9.18 Å². The first-order chi connectivity index (χ1) is 13.5. The molecule has 1 N–H and O–H groups in total. The van der Waals surface area contributed by atoms with Gasteiger partial charge >= 0.3 is 0 Å². The summed E-state index contributed by atoms with van der Waals surface area (Å²) < 4.78 is 15.3. The van der Waals surface area contributed by atoms with Crippen molar-refractivity contribution in [1.82, 2.24) is 14.9 Å². The van der Waals surface area contributed by atoms with E-state index in [1.165, 1.54) is 34.4 Å². The Bertz CT molecular complexity index is 1140. The van der Waals surface area contributed by atoms with Crippen molar-refractivity contribution < 1.29 is 9.18 Å². The van der Waals surface area contributed by atoms with Crippen LogP contribution in [0.4, 0.5) is 4.39 Å². The Hall–Kier alpha value is -2.99. The number of aromatic nitrogens is 2. The van der Waals surface area contributed by atoms with Crippen LogP contribution in [0.3, 0.4) is 0 Å². The number of nitrogens with zero attached hydrogens (tertiary/aromatic N) is 2. The Morgan fingerprint density at radius 3 is 2.71 bits per heavy atom. The molecule has 4 aromatic rings. The molecule has 2 aromatic carbocycles. The third-order valence-corrected chi connectivity index (χ3v) is 5.64. The molecule has 2 aromatic heterocycles. The Morgan fingerprint density at radius 1 is 1.14 bits per heavy atom. The lowest BCUT2D eigenvalue weighted by Crippen LogP contribution is -2.27. The van der Waals surface area contributed by atoms with Gasteiger partial charge in [-0.15, -0.1) is 11.3 Å². The zero-order valence-electron chi connectivity index (χ0n) is 15.7. The highest BCUT2D eigenvalue weighted by Gasteiger charge is 2.18. The first-order valence-electron chi connectivity index (χ1n) is 9.08. The number of fused-ring (bicyclic) bond motifs is 1. The first kappa shape index (κ1) is 18.4. The van der Waals surface area contributed by atoms with Gasteiger partial charge in [-0.3, -0.25) is 4.79 Å². The van der Waals surface area contributed by atoms with E-state index in [0.29, 0.717) is 18.8 Å². The minimum absolute atomic E-state index is 0.212. The Morgan fingerprint density at radius 2 is 1.93 bits per heavy atom. The third kappa shape index (κ3) is 3.68. The maximum atomic E-state index is 13.2. The maximum absolute atomic E-state index is 13.2. The van der Waals surface area contributed by atoms with E-state index in [1.54, 1.807) is 12.1 Å². The van der Waals surface area contributed by atoms with Crippen LogP contribution in [0, 0.1) is 19.7 Å². The summed E-state index contributed by atoms with van der Waals surface area (Å²) in [5.74, 6) is -0.513. The van der Waals surface area contributed by atoms with E-state index in [2.05, 4.69) is 46.1 Å². The normalized spacial score (nSPS) is 11.1. The molecule has 0 radical (unpaired) electrons. The highest BCUT2D eigenvalue weighted by atomic mass is 32.1.